The third-order valence-corrected chi connectivity index (χ3v) is 3.97. The standard InChI is InChI=1S/C15H23N/c1-3-16-12-8-7-11-15(16)13(2)14-9-5-4-6-10-14/h4-6,9-10,13,15H,3,7-8,11-12H2,1-2H3/t13-,15-/m1/s1. The van der Waals surface area contributed by atoms with Gasteiger partial charge in [-0.2, -0.15) is 0 Å². The van der Waals surface area contributed by atoms with E-state index in [4.69, 9.17) is 0 Å². The average Bonchev–Trinajstić information content (AvgIpc) is 2.39. The molecule has 0 aromatic heterocycles. The summed E-state index contributed by atoms with van der Waals surface area (Å²) >= 11 is 0. The first-order valence-corrected chi connectivity index (χ1v) is 6.62. The summed E-state index contributed by atoms with van der Waals surface area (Å²) in [5, 5.41) is 0. The molecule has 0 spiro atoms. The van der Waals surface area contributed by atoms with Gasteiger partial charge in [-0.25, -0.2) is 0 Å². The number of rotatable bonds is 3. The van der Waals surface area contributed by atoms with E-state index in [9.17, 15) is 0 Å². The molecule has 1 saturated heterocycles. The molecular weight excluding hydrogens is 194 g/mol. The van der Waals surface area contributed by atoms with Crippen LogP contribution in [0.4, 0.5) is 0 Å². The van der Waals surface area contributed by atoms with Crippen molar-refractivity contribution in [2.75, 3.05) is 13.1 Å². The van der Waals surface area contributed by atoms with E-state index in [1.165, 1.54) is 37.9 Å². The Balaban J connectivity index is 2.10. The molecule has 0 radical (unpaired) electrons. The van der Waals surface area contributed by atoms with Gasteiger partial charge in [0, 0.05) is 6.04 Å². The fraction of sp³-hybridized carbons (Fsp3) is 0.600. The Kier molecular flexibility index (Phi) is 4.00. The van der Waals surface area contributed by atoms with Crippen LogP contribution < -0.4 is 0 Å². The minimum atomic E-state index is 0.668. The van der Waals surface area contributed by atoms with Gasteiger partial charge in [-0.05, 0) is 37.4 Å². The van der Waals surface area contributed by atoms with Gasteiger partial charge in [0.2, 0.25) is 0 Å². The summed E-state index contributed by atoms with van der Waals surface area (Å²) in [6.07, 6.45) is 4.15. The molecule has 1 nitrogen and oxygen atoms in total. The number of nitrogens with zero attached hydrogens (tertiary/aromatic N) is 1. The lowest BCUT2D eigenvalue weighted by Crippen LogP contribution is -2.42. The fourth-order valence-electron chi connectivity index (χ4n) is 2.95. The molecule has 0 amide bonds. The van der Waals surface area contributed by atoms with Gasteiger partial charge in [0.05, 0.1) is 0 Å². The maximum absolute atomic E-state index is 2.65. The Bertz CT molecular complexity index is 306. The molecule has 88 valence electrons. The Labute approximate surface area is 99.5 Å². The first-order valence-electron chi connectivity index (χ1n) is 6.62. The molecule has 1 heterocycles. The van der Waals surface area contributed by atoms with Crippen molar-refractivity contribution < 1.29 is 0 Å². The molecule has 1 heteroatoms. The van der Waals surface area contributed by atoms with Gasteiger partial charge >= 0.3 is 0 Å². The van der Waals surface area contributed by atoms with E-state index in [0.29, 0.717) is 5.92 Å². The van der Waals surface area contributed by atoms with Crippen LogP contribution in [0.3, 0.4) is 0 Å². The topological polar surface area (TPSA) is 3.24 Å². The van der Waals surface area contributed by atoms with Crippen LogP contribution in [0.2, 0.25) is 0 Å². The summed E-state index contributed by atoms with van der Waals surface area (Å²) in [4.78, 5) is 2.65. The summed E-state index contributed by atoms with van der Waals surface area (Å²) in [7, 11) is 0. The number of hydrogen-bond donors (Lipinski definition) is 0. The van der Waals surface area contributed by atoms with Crippen LogP contribution in [0.1, 0.15) is 44.6 Å². The van der Waals surface area contributed by atoms with E-state index < -0.39 is 0 Å². The fourth-order valence-corrected chi connectivity index (χ4v) is 2.95. The summed E-state index contributed by atoms with van der Waals surface area (Å²) < 4.78 is 0. The molecule has 0 aliphatic carbocycles. The molecule has 0 unspecified atom stereocenters. The number of piperidine rings is 1. The highest BCUT2D eigenvalue weighted by atomic mass is 15.2. The number of hydrogen-bond acceptors (Lipinski definition) is 1. The first kappa shape index (κ1) is 11.7. The second-order valence-electron chi connectivity index (χ2n) is 4.89. The SMILES string of the molecule is CCN1CCCC[C@@H]1[C@H](C)c1ccccc1. The van der Waals surface area contributed by atoms with Gasteiger partial charge in [-0.3, -0.25) is 0 Å². The van der Waals surface area contributed by atoms with Gasteiger partial charge in [0.15, 0.2) is 0 Å². The van der Waals surface area contributed by atoms with Gasteiger partial charge in [-0.1, -0.05) is 50.6 Å². The van der Waals surface area contributed by atoms with Crippen molar-refractivity contribution in [3.63, 3.8) is 0 Å². The van der Waals surface area contributed by atoms with Crippen LogP contribution in [-0.4, -0.2) is 24.0 Å². The molecule has 1 aliphatic rings. The molecule has 2 atom stereocenters. The molecule has 1 aromatic carbocycles. The predicted octanol–water partition coefficient (Wildman–Crippen LogP) is 3.66. The lowest BCUT2D eigenvalue weighted by atomic mass is 9.86. The maximum Gasteiger partial charge on any atom is 0.0161 e. The van der Waals surface area contributed by atoms with Crippen molar-refractivity contribution in [1.82, 2.24) is 4.90 Å². The van der Waals surface area contributed by atoms with Crippen LogP contribution in [0.15, 0.2) is 30.3 Å². The molecule has 1 fully saturated rings. The molecule has 1 aliphatic heterocycles. The van der Waals surface area contributed by atoms with Crippen LogP contribution in [0, 0.1) is 0 Å². The monoisotopic (exact) mass is 217 g/mol. The molecule has 0 bridgehead atoms. The van der Waals surface area contributed by atoms with Gasteiger partial charge < -0.3 is 4.90 Å². The van der Waals surface area contributed by atoms with Crippen molar-refractivity contribution >= 4 is 0 Å². The summed E-state index contributed by atoms with van der Waals surface area (Å²) in [6.45, 7) is 7.16. The first-order chi connectivity index (χ1) is 7.83. The Morgan fingerprint density at radius 3 is 2.69 bits per heavy atom. The van der Waals surface area contributed by atoms with E-state index in [1.54, 1.807) is 0 Å². The largest absolute Gasteiger partial charge is 0.300 e. The molecule has 16 heavy (non-hydrogen) atoms. The molecule has 0 saturated carbocycles. The van der Waals surface area contributed by atoms with E-state index in [2.05, 4.69) is 49.1 Å². The van der Waals surface area contributed by atoms with Crippen molar-refractivity contribution in [2.45, 2.75) is 45.1 Å². The van der Waals surface area contributed by atoms with E-state index in [-0.39, 0.29) is 0 Å². The third-order valence-electron chi connectivity index (χ3n) is 3.97. The van der Waals surface area contributed by atoms with Crippen LogP contribution in [0.25, 0.3) is 0 Å². The predicted molar refractivity (Wildman–Crippen MR) is 69.7 cm³/mol. The van der Waals surface area contributed by atoms with Gasteiger partial charge in [-0.15, -0.1) is 0 Å². The zero-order valence-electron chi connectivity index (χ0n) is 10.5. The second kappa shape index (κ2) is 5.49. The van der Waals surface area contributed by atoms with E-state index >= 15 is 0 Å². The average molecular weight is 217 g/mol. The van der Waals surface area contributed by atoms with Crippen molar-refractivity contribution in [3.05, 3.63) is 35.9 Å². The smallest absolute Gasteiger partial charge is 0.0161 e. The number of likely N-dealkylation sites (N-methyl/N-ethyl adjacent to an activating group) is 1. The lowest BCUT2D eigenvalue weighted by molar-refractivity contribution is 0.137. The van der Waals surface area contributed by atoms with Crippen molar-refractivity contribution in [1.29, 1.82) is 0 Å². The molecular formula is C15H23N. The Morgan fingerprint density at radius 1 is 1.25 bits per heavy atom. The Hall–Kier alpha value is -0.820. The summed E-state index contributed by atoms with van der Waals surface area (Å²) in [5.74, 6) is 0.668. The highest BCUT2D eigenvalue weighted by Gasteiger charge is 2.26. The van der Waals surface area contributed by atoms with E-state index in [0.717, 1.165) is 6.04 Å². The zero-order chi connectivity index (χ0) is 11.4. The highest BCUT2D eigenvalue weighted by Crippen LogP contribution is 2.29. The van der Waals surface area contributed by atoms with Gasteiger partial charge in [0.25, 0.3) is 0 Å². The molecule has 1 aromatic rings. The zero-order valence-corrected chi connectivity index (χ0v) is 10.5. The Morgan fingerprint density at radius 2 is 2.00 bits per heavy atom. The molecule has 2 rings (SSSR count). The van der Waals surface area contributed by atoms with Gasteiger partial charge in [0.1, 0.15) is 0 Å². The van der Waals surface area contributed by atoms with Crippen LogP contribution in [-0.2, 0) is 0 Å². The minimum absolute atomic E-state index is 0.668. The minimum Gasteiger partial charge on any atom is -0.300 e. The third kappa shape index (κ3) is 2.46. The highest BCUT2D eigenvalue weighted by molar-refractivity contribution is 5.20. The lowest BCUT2D eigenvalue weighted by Gasteiger charge is -2.38. The normalized spacial score (nSPS) is 24.2. The van der Waals surface area contributed by atoms with Crippen LogP contribution in [0.5, 0.6) is 0 Å². The van der Waals surface area contributed by atoms with E-state index in [1.807, 2.05) is 0 Å². The van der Waals surface area contributed by atoms with Crippen LogP contribution >= 0.6 is 0 Å². The summed E-state index contributed by atoms with van der Waals surface area (Å²) in [5.41, 5.74) is 1.49. The number of benzene rings is 1. The summed E-state index contributed by atoms with van der Waals surface area (Å²) in [6, 6.07) is 11.7. The van der Waals surface area contributed by atoms with Crippen molar-refractivity contribution in [2.24, 2.45) is 0 Å². The molecule has 0 N–H and O–H groups in total. The number of likely N-dealkylation sites (tertiary alicyclic amines) is 1. The van der Waals surface area contributed by atoms with Crippen molar-refractivity contribution in [3.8, 4) is 0 Å². The second-order valence-corrected chi connectivity index (χ2v) is 4.89. The quantitative estimate of drug-likeness (QED) is 0.747. The maximum atomic E-state index is 2.65.